The summed E-state index contributed by atoms with van der Waals surface area (Å²) < 4.78 is 0. The first-order valence-corrected chi connectivity index (χ1v) is 5.09. The minimum atomic E-state index is -1.14. The molecule has 5 nitrogen and oxygen atoms in total. The molecule has 5 heteroatoms. The van der Waals surface area contributed by atoms with Crippen LogP contribution in [0.1, 0.15) is 0 Å². The molecule has 0 fully saturated rings. The van der Waals surface area contributed by atoms with E-state index in [-0.39, 0.29) is 12.5 Å². The van der Waals surface area contributed by atoms with Crippen LogP contribution in [0.3, 0.4) is 0 Å². The second-order valence-corrected chi connectivity index (χ2v) is 3.41. The van der Waals surface area contributed by atoms with Crippen molar-refractivity contribution < 1.29 is 14.7 Å². The van der Waals surface area contributed by atoms with Gasteiger partial charge in [0.25, 0.3) is 5.91 Å². The van der Waals surface area contributed by atoms with Crippen LogP contribution in [0.4, 0.5) is 0 Å². The first-order chi connectivity index (χ1) is 8.11. The van der Waals surface area contributed by atoms with Crippen molar-refractivity contribution in [3.8, 4) is 0 Å². The van der Waals surface area contributed by atoms with Crippen molar-refractivity contribution in [1.29, 1.82) is 0 Å². The second kappa shape index (κ2) is 6.44. The normalized spacial score (nSPS) is 24.4. The fourth-order valence-corrected chi connectivity index (χ4v) is 1.11. The number of carbonyl (C=O) groups is 2. The standard InChI is InChI=1S/C12H14N2O3/c13-10(12(16)17)8-14-11(15)9-6-4-2-1-3-5-7-9/h1-7,10H,8,13H2,(H,14,15)(H,16,17)/b2-1-,3-1?,4-2?,5-3-,6-4-,7-5?,9-6?,9-7+. The molecule has 1 amide bonds. The third-order valence-corrected chi connectivity index (χ3v) is 2.06. The molecule has 1 rings (SSSR count). The molecule has 0 heterocycles. The maximum Gasteiger partial charge on any atom is 0.322 e. The number of carbonyl (C=O) groups excluding carboxylic acids is 1. The lowest BCUT2D eigenvalue weighted by Gasteiger charge is -2.08. The minimum absolute atomic E-state index is 0.0983. The maximum atomic E-state index is 11.7. The summed E-state index contributed by atoms with van der Waals surface area (Å²) in [5.74, 6) is -1.49. The first-order valence-electron chi connectivity index (χ1n) is 5.09. The highest BCUT2D eigenvalue weighted by atomic mass is 16.4. The van der Waals surface area contributed by atoms with Crippen molar-refractivity contribution in [1.82, 2.24) is 5.32 Å². The maximum absolute atomic E-state index is 11.7. The Morgan fingerprint density at radius 1 is 1.24 bits per heavy atom. The van der Waals surface area contributed by atoms with Crippen LogP contribution in [0.5, 0.6) is 0 Å². The topological polar surface area (TPSA) is 92.4 Å². The van der Waals surface area contributed by atoms with E-state index in [1.165, 1.54) is 0 Å². The Labute approximate surface area is 99.0 Å². The van der Waals surface area contributed by atoms with Gasteiger partial charge in [0.05, 0.1) is 0 Å². The molecule has 0 aromatic carbocycles. The summed E-state index contributed by atoms with van der Waals surface area (Å²) in [5.41, 5.74) is 5.72. The number of allylic oxidation sites excluding steroid dienone is 6. The van der Waals surface area contributed by atoms with Crippen LogP contribution in [-0.2, 0) is 9.59 Å². The molecule has 1 unspecified atom stereocenters. The highest BCUT2D eigenvalue weighted by Crippen LogP contribution is 2.01. The summed E-state index contributed by atoms with van der Waals surface area (Å²) in [4.78, 5) is 22.1. The molecule has 90 valence electrons. The van der Waals surface area contributed by atoms with Crippen molar-refractivity contribution in [2.24, 2.45) is 5.73 Å². The van der Waals surface area contributed by atoms with Gasteiger partial charge in [0, 0.05) is 12.1 Å². The molecule has 17 heavy (non-hydrogen) atoms. The fraction of sp³-hybridized carbons (Fsp3) is 0.167. The van der Waals surface area contributed by atoms with E-state index in [1.807, 2.05) is 6.08 Å². The summed E-state index contributed by atoms with van der Waals surface area (Å²) in [7, 11) is 0. The molecular weight excluding hydrogens is 220 g/mol. The van der Waals surface area contributed by atoms with Crippen molar-refractivity contribution in [3.63, 3.8) is 0 Å². The van der Waals surface area contributed by atoms with Crippen molar-refractivity contribution in [2.45, 2.75) is 6.04 Å². The van der Waals surface area contributed by atoms with E-state index in [0.717, 1.165) is 0 Å². The molecule has 0 radical (unpaired) electrons. The van der Waals surface area contributed by atoms with Crippen molar-refractivity contribution in [3.05, 3.63) is 48.1 Å². The van der Waals surface area contributed by atoms with Crippen LogP contribution in [0.25, 0.3) is 0 Å². The number of hydrogen-bond donors (Lipinski definition) is 3. The van der Waals surface area contributed by atoms with Gasteiger partial charge in [-0.15, -0.1) is 0 Å². The Balaban J connectivity index is 2.55. The largest absolute Gasteiger partial charge is 0.480 e. The third kappa shape index (κ3) is 4.48. The lowest BCUT2D eigenvalue weighted by molar-refractivity contribution is -0.138. The number of nitrogens with two attached hydrogens (primary N) is 1. The van der Waals surface area contributed by atoms with Crippen LogP contribution < -0.4 is 11.1 Å². The summed E-state index contributed by atoms with van der Waals surface area (Å²) >= 11 is 0. The molecule has 0 saturated carbocycles. The number of hydrogen-bond acceptors (Lipinski definition) is 3. The van der Waals surface area contributed by atoms with Gasteiger partial charge >= 0.3 is 5.97 Å². The van der Waals surface area contributed by atoms with E-state index in [0.29, 0.717) is 5.57 Å². The van der Waals surface area contributed by atoms with Gasteiger partial charge in [0.15, 0.2) is 0 Å². The molecule has 0 aromatic rings. The number of carboxylic acid groups (broad SMARTS) is 1. The minimum Gasteiger partial charge on any atom is -0.480 e. The average Bonchev–Trinajstić information content (AvgIpc) is 2.24. The van der Waals surface area contributed by atoms with Crippen LogP contribution in [-0.4, -0.2) is 29.6 Å². The predicted molar refractivity (Wildman–Crippen MR) is 64.1 cm³/mol. The van der Waals surface area contributed by atoms with Gasteiger partial charge in [-0.05, 0) is 12.2 Å². The lowest BCUT2D eigenvalue weighted by atomic mass is 10.1. The molecule has 1 aliphatic carbocycles. The van der Waals surface area contributed by atoms with Crippen LogP contribution in [0, 0.1) is 0 Å². The van der Waals surface area contributed by atoms with Gasteiger partial charge in [0.2, 0.25) is 0 Å². The number of aliphatic carboxylic acids is 1. The second-order valence-electron chi connectivity index (χ2n) is 3.41. The van der Waals surface area contributed by atoms with Crippen molar-refractivity contribution in [2.75, 3.05) is 6.54 Å². The smallest absolute Gasteiger partial charge is 0.322 e. The van der Waals surface area contributed by atoms with E-state index in [2.05, 4.69) is 5.32 Å². The van der Waals surface area contributed by atoms with Gasteiger partial charge < -0.3 is 16.2 Å². The molecule has 0 bridgehead atoms. The monoisotopic (exact) mass is 234 g/mol. The van der Waals surface area contributed by atoms with Gasteiger partial charge in [-0.3, -0.25) is 9.59 Å². The van der Waals surface area contributed by atoms with E-state index in [9.17, 15) is 9.59 Å². The third-order valence-electron chi connectivity index (χ3n) is 2.06. The van der Waals surface area contributed by atoms with E-state index >= 15 is 0 Å². The zero-order valence-electron chi connectivity index (χ0n) is 9.17. The summed E-state index contributed by atoms with van der Waals surface area (Å²) in [6.07, 6.45) is 12.2. The van der Waals surface area contributed by atoms with E-state index in [4.69, 9.17) is 10.8 Å². The summed E-state index contributed by atoms with van der Waals surface area (Å²) in [6.45, 7) is -0.0983. The molecule has 0 spiro atoms. The molecule has 0 saturated heterocycles. The Hall–Kier alpha value is -2.14. The number of amides is 1. The Morgan fingerprint density at radius 2 is 1.88 bits per heavy atom. The molecule has 0 aliphatic heterocycles. The molecule has 1 aliphatic rings. The highest BCUT2D eigenvalue weighted by Gasteiger charge is 2.13. The Morgan fingerprint density at radius 3 is 2.59 bits per heavy atom. The molecule has 4 N–H and O–H groups in total. The molecule has 0 aromatic heterocycles. The van der Waals surface area contributed by atoms with Crippen molar-refractivity contribution >= 4 is 11.9 Å². The number of rotatable bonds is 4. The van der Waals surface area contributed by atoms with Gasteiger partial charge in [-0.2, -0.15) is 0 Å². The van der Waals surface area contributed by atoms with Gasteiger partial charge in [0.1, 0.15) is 6.04 Å². The zero-order valence-corrected chi connectivity index (χ0v) is 9.17. The average molecular weight is 234 g/mol. The Kier molecular flexibility index (Phi) is 4.90. The quantitative estimate of drug-likeness (QED) is 0.644. The predicted octanol–water partition coefficient (Wildman–Crippen LogP) is 0.123. The Bertz CT molecular complexity index is 419. The van der Waals surface area contributed by atoms with E-state index < -0.39 is 12.0 Å². The highest BCUT2D eigenvalue weighted by molar-refractivity contribution is 5.96. The zero-order chi connectivity index (χ0) is 12.7. The van der Waals surface area contributed by atoms with Gasteiger partial charge in [-0.25, -0.2) is 0 Å². The lowest BCUT2D eigenvalue weighted by Crippen LogP contribution is -2.42. The molecular formula is C12H14N2O3. The van der Waals surface area contributed by atoms with Crippen LogP contribution in [0.15, 0.2) is 48.1 Å². The first kappa shape index (κ1) is 12.9. The SMILES string of the molecule is NC(CNC(=O)C1=C/C=C\C=C/C=C\1)C(=O)O. The fourth-order valence-electron chi connectivity index (χ4n) is 1.11. The van der Waals surface area contributed by atoms with Crippen LogP contribution >= 0.6 is 0 Å². The van der Waals surface area contributed by atoms with Gasteiger partial charge in [-0.1, -0.05) is 30.4 Å². The number of nitrogens with one attached hydrogen (secondary N) is 1. The summed E-state index contributed by atoms with van der Waals surface area (Å²) in [5, 5.41) is 11.0. The van der Waals surface area contributed by atoms with E-state index in [1.54, 1.807) is 36.5 Å². The van der Waals surface area contributed by atoms with Crippen LogP contribution in [0.2, 0.25) is 0 Å². The summed E-state index contributed by atoms with van der Waals surface area (Å²) in [6, 6.07) is -1.09. The number of carboxylic acids is 1. The molecule has 1 atom stereocenters.